The fraction of sp³-hybridized carbons (Fsp3) is 0.647. The normalized spacial score (nSPS) is 11.6. The zero-order chi connectivity index (χ0) is 16.4. The molecule has 0 fully saturated rings. The van der Waals surface area contributed by atoms with E-state index in [0.29, 0.717) is 12.4 Å². The molecule has 0 amide bonds. The number of aryl methyl sites for hydroxylation is 1. The SMILES string of the molecule is CCCCCCCCCc1cccc(S(=O)(=O)O)c1OCC. The molecule has 0 unspecified atom stereocenters. The van der Waals surface area contributed by atoms with Crippen LogP contribution in [0.4, 0.5) is 0 Å². The van der Waals surface area contributed by atoms with E-state index in [1.165, 1.54) is 38.2 Å². The third kappa shape index (κ3) is 6.36. The van der Waals surface area contributed by atoms with Gasteiger partial charge in [-0.05, 0) is 31.4 Å². The lowest BCUT2D eigenvalue weighted by molar-refractivity contribution is 0.325. The first kappa shape index (κ1) is 19.0. The van der Waals surface area contributed by atoms with Crippen molar-refractivity contribution in [2.24, 2.45) is 0 Å². The molecule has 1 rings (SSSR count). The summed E-state index contributed by atoms with van der Waals surface area (Å²) in [5.74, 6) is 0.304. The minimum Gasteiger partial charge on any atom is -0.492 e. The second kappa shape index (κ2) is 9.85. The van der Waals surface area contributed by atoms with Gasteiger partial charge in [-0.25, -0.2) is 0 Å². The fourth-order valence-corrected chi connectivity index (χ4v) is 3.22. The van der Waals surface area contributed by atoms with Gasteiger partial charge in [0.2, 0.25) is 0 Å². The van der Waals surface area contributed by atoms with Crippen LogP contribution in [0.2, 0.25) is 0 Å². The Kier molecular flexibility index (Phi) is 8.49. The molecule has 0 saturated heterocycles. The van der Waals surface area contributed by atoms with E-state index in [-0.39, 0.29) is 4.90 Å². The van der Waals surface area contributed by atoms with E-state index in [0.717, 1.165) is 24.8 Å². The van der Waals surface area contributed by atoms with Crippen LogP contribution < -0.4 is 4.74 Å². The number of unbranched alkanes of at least 4 members (excludes halogenated alkanes) is 6. The van der Waals surface area contributed by atoms with E-state index < -0.39 is 10.1 Å². The van der Waals surface area contributed by atoms with E-state index in [9.17, 15) is 13.0 Å². The van der Waals surface area contributed by atoms with E-state index in [2.05, 4.69) is 6.92 Å². The maximum Gasteiger partial charge on any atom is 0.298 e. The number of hydrogen-bond acceptors (Lipinski definition) is 3. The quantitative estimate of drug-likeness (QED) is 0.475. The Balaban J connectivity index is 2.62. The molecule has 5 heteroatoms. The van der Waals surface area contributed by atoms with Gasteiger partial charge in [0, 0.05) is 0 Å². The smallest absolute Gasteiger partial charge is 0.298 e. The van der Waals surface area contributed by atoms with Gasteiger partial charge in [0.15, 0.2) is 0 Å². The molecule has 22 heavy (non-hydrogen) atoms. The molecular formula is C17H28O4S. The number of hydrogen-bond donors (Lipinski definition) is 1. The molecule has 0 aromatic heterocycles. The van der Waals surface area contributed by atoms with Crippen molar-refractivity contribution >= 4 is 10.1 Å². The Hall–Kier alpha value is -1.07. The second-order valence-electron chi connectivity index (χ2n) is 5.52. The number of para-hydroxylation sites is 1. The summed E-state index contributed by atoms with van der Waals surface area (Å²) in [6.07, 6.45) is 9.21. The molecule has 1 N–H and O–H groups in total. The number of benzene rings is 1. The minimum absolute atomic E-state index is 0.130. The van der Waals surface area contributed by atoms with Gasteiger partial charge in [-0.15, -0.1) is 0 Å². The van der Waals surface area contributed by atoms with Gasteiger partial charge in [0.25, 0.3) is 10.1 Å². The lowest BCUT2D eigenvalue weighted by atomic mass is 10.0. The first-order chi connectivity index (χ1) is 10.5. The van der Waals surface area contributed by atoms with Gasteiger partial charge in [-0.1, -0.05) is 57.6 Å². The summed E-state index contributed by atoms with van der Waals surface area (Å²) in [6, 6.07) is 4.91. The molecule has 0 heterocycles. The molecule has 126 valence electrons. The summed E-state index contributed by atoms with van der Waals surface area (Å²) >= 11 is 0. The van der Waals surface area contributed by atoms with Crippen LogP contribution in [0.25, 0.3) is 0 Å². The van der Waals surface area contributed by atoms with Crippen molar-refractivity contribution in [3.8, 4) is 5.75 Å². The summed E-state index contributed by atoms with van der Waals surface area (Å²) in [6.45, 7) is 4.38. The van der Waals surface area contributed by atoms with Crippen molar-refractivity contribution < 1.29 is 17.7 Å². The molecule has 0 aliphatic rings. The van der Waals surface area contributed by atoms with Gasteiger partial charge in [0.05, 0.1) is 6.61 Å². The van der Waals surface area contributed by atoms with E-state index in [4.69, 9.17) is 4.74 Å². The Bertz CT molecular complexity index is 538. The standard InChI is InChI=1S/C17H28O4S/c1-3-5-6-7-8-9-10-12-15-13-11-14-16(22(18,19)20)17(15)21-4-2/h11,13-14H,3-10,12H2,1-2H3,(H,18,19,20). The second-order valence-corrected chi connectivity index (χ2v) is 6.91. The van der Waals surface area contributed by atoms with Gasteiger partial charge < -0.3 is 4.74 Å². The number of ether oxygens (including phenoxy) is 1. The highest BCUT2D eigenvalue weighted by Gasteiger charge is 2.19. The van der Waals surface area contributed by atoms with Crippen LogP contribution in [-0.4, -0.2) is 19.6 Å². The molecule has 1 aromatic rings. The third-order valence-electron chi connectivity index (χ3n) is 3.68. The van der Waals surface area contributed by atoms with Crippen LogP contribution in [0.5, 0.6) is 5.75 Å². The molecule has 1 aromatic carbocycles. The zero-order valence-corrected chi connectivity index (χ0v) is 14.5. The Morgan fingerprint density at radius 2 is 1.64 bits per heavy atom. The maximum atomic E-state index is 11.4. The molecule has 0 radical (unpaired) electrons. The van der Waals surface area contributed by atoms with Crippen molar-refractivity contribution in [3.05, 3.63) is 23.8 Å². The lowest BCUT2D eigenvalue weighted by Crippen LogP contribution is -2.06. The first-order valence-corrected chi connectivity index (χ1v) is 9.66. The van der Waals surface area contributed by atoms with Crippen LogP contribution >= 0.6 is 0 Å². The molecule has 0 atom stereocenters. The fourth-order valence-electron chi connectivity index (χ4n) is 2.54. The molecule has 0 bridgehead atoms. The lowest BCUT2D eigenvalue weighted by Gasteiger charge is -2.13. The van der Waals surface area contributed by atoms with Crippen LogP contribution in [0, 0.1) is 0 Å². The topological polar surface area (TPSA) is 63.6 Å². The van der Waals surface area contributed by atoms with Crippen molar-refractivity contribution in [2.75, 3.05) is 6.61 Å². The van der Waals surface area contributed by atoms with Gasteiger partial charge in [-0.2, -0.15) is 8.42 Å². The molecular weight excluding hydrogens is 300 g/mol. The average Bonchev–Trinajstić information content (AvgIpc) is 2.46. The first-order valence-electron chi connectivity index (χ1n) is 8.22. The highest BCUT2D eigenvalue weighted by molar-refractivity contribution is 7.86. The summed E-state index contributed by atoms with van der Waals surface area (Å²) in [5, 5.41) is 0. The van der Waals surface area contributed by atoms with Crippen LogP contribution in [0.3, 0.4) is 0 Å². The van der Waals surface area contributed by atoms with Crippen molar-refractivity contribution in [1.82, 2.24) is 0 Å². The van der Waals surface area contributed by atoms with Crippen LogP contribution in [0.1, 0.15) is 64.4 Å². The van der Waals surface area contributed by atoms with Gasteiger partial charge in [0.1, 0.15) is 10.6 Å². The van der Waals surface area contributed by atoms with Gasteiger partial charge >= 0.3 is 0 Å². The van der Waals surface area contributed by atoms with Crippen molar-refractivity contribution in [1.29, 1.82) is 0 Å². The highest BCUT2D eigenvalue weighted by atomic mass is 32.2. The Morgan fingerprint density at radius 1 is 1.00 bits per heavy atom. The summed E-state index contributed by atoms with van der Waals surface area (Å²) in [7, 11) is -4.25. The third-order valence-corrected chi connectivity index (χ3v) is 4.55. The van der Waals surface area contributed by atoms with Gasteiger partial charge in [-0.3, -0.25) is 4.55 Å². The van der Waals surface area contributed by atoms with E-state index >= 15 is 0 Å². The maximum absolute atomic E-state index is 11.4. The summed E-state index contributed by atoms with van der Waals surface area (Å²) in [4.78, 5) is -0.130. The summed E-state index contributed by atoms with van der Waals surface area (Å²) < 4.78 is 37.6. The van der Waals surface area contributed by atoms with Crippen molar-refractivity contribution in [3.63, 3.8) is 0 Å². The largest absolute Gasteiger partial charge is 0.492 e. The highest BCUT2D eigenvalue weighted by Crippen LogP contribution is 2.29. The Labute approximate surface area is 134 Å². The molecule has 0 aliphatic carbocycles. The molecule has 0 aliphatic heterocycles. The van der Waals surface area contributed by atoms with E-state index in [1.54, 1.807) is 13.0 Å². The molecule has 4 nitrogen and oxygen atoms in total. The number of rotatable bonds is 11. The van der Waals surface area contributed by atoms with E-state index in [1.807, 2.05) is 6.07 Å². The van der Waals surface area contributed by atoms with Crippen LogP contribution in [0.15, 0.2) is 23.1 Å². The Morgan fingerprint density at radius 3 is 2.23 bits per heavy atom. The monoisotopic (exact) mass is 328 g/mol. The van der Waals surface area contributed by atoms with Crippen molar-refractivity contribution in [2.45, 2.75) is 70.1 Å². The zero-order valence-electron chi connectivity index (χ0n) is 13.7. The average molecular weight is 328 g/mol. The molecule has 0 saturated carbocycles. The predicted octanol–water partition coefficient (Wildman–Crippen LogP) is 4.63. The molecule has 0 spiro atoms. The van der Waals surface area contributed by atoms with Crippen LogP contribution in [-0.2, 0) is 16.5 Å². The summed E-state index contributed by atoms with van der Waals surface area (Å²) in [5.41, 5.74) is 0.852. The minimum atomic E-state index is -4.25. The predicted molar refractivity (Wildman–Crippen MR) is 89.1 cm³/mol.